The third-order valence-electron chi connectivity index (χ3n) is 2.61. The Morgan fingerprint density at radius 1 is 1.33 bits per heavy atom. The van der Waals surface area contributed by atoms with E-state index in [4.69, 9.17) is 9.84 Å². The average molecular weight is 316 g/mol. The predicted molar refractivity (Wildman–Crippen MR) is 78.8 cm³/mol. The van der Waals surface area contributed by atoms with Crippen LogP contribution in [0.15, 0.2) is 29.2 Å². The fraction of sp³-hybridized carbons (Fsp3) is 0.462. The van der Waals surface area contributed by atoms with Crippen LogP contribution in [0.3, 0.4) is 0 Å². The molecule has 1 unspecified atom stereocenters. The van der Waals surface area contributed by atoms with E-state index >= 15 is 0 Å². The lowest BCUT2D eigenvalue weighted by atomic mass is 10.3. The van der Waals surface area contributed by atoms with Gasteiger partial charge in [0.05, 0.1) is 12.2 Å². The monoisotopic (exact) mass is 316 g/mol. The highest BCUT2D eigenvalue weighted by atomic mass is 32.2. The van der Waals surface area contributed by atoms with Crippen molar-refractivity contribution in [2.45, 2.75) is 30.9 Å². The second-order valence-electron chi connectivity index (χ2n) is 4.72. The van der Waals surface area contributed by atoms with E-state index in [1.165, 1.54) is 13.2 Å². The normalized spacial score (nSPS) is 13.1. The Morgan fingerprint density at radius 2 is 1.95 bits per heavy atom. The Labute approximate surface area is 124 Å². The van der Waals surface area contributed by atoms with E-state index < -0.39 is 22.1 Å². The molecular formula is C13H20N2O5S. The minimum absolute atomic E-state index is 0.0416. The van der Waals surface area contributed by atoms with E-state index in [9.17, 15) is 13.2 Å². The first kappa shape index (κ1) is 17.4. The van der Waals surface area contributed by atoms with Gasteiger partial charge in [-0.1, -0.05) is 12.1 Å². The second-order valence-corrected chi connectivity index (χ2v) is 6.40. The van der Waals surface area contributed by atoms with E-state index in [2.05, 4.69) is 10.0 Å². The van der Waals surface area contributed by atoms with Crippen molar-refractivity contribution in [1.82, 2.24) is 4.72 Å². The lowest BCUT2D eigenvalue weighted by Crippen LogP contribution is -2.33. The van der Waals surface area contributed by atoms with Gasteiger partial charge < -0.3 is 15.2 Å². The SMILES string of the molecule is COC(CNc1ccccc1S(=O)(=O)NC(C)C)C(=O)O. The molecule has 0 radical (unpaired) electrons. The molecule has 1 aromatic rings. The van der Waals surface area contributed by atoms with Gasteiger partial charge in [-0.2, -0.15) is 0 Å². The number of para-hydroxylation sites is 1. The molecule has 0 saturated heterocycles. The van der Waals surface area contributed by atoms with Crippen LogP contribution in [0.2, 0.25) is 0 Å². The van der Waals surface area contributed by atoms with Crippen molar-refractivity contribution in [3.8, 4) is 0 Å². The summed E-state index contributed by atoms with van der Waals surface area (Å²) >= 11 is 0. The molecule has 21 heavy (non-hydrogen) atoms. The van der Waals surface area contributed by atoms with Gasteiger partial charge in [-0.15, -0.1) is 0 Å². The van der Waals surface area contributed by atoms with Gasteiger partial charge in [0.1, 0.15) is 4.90 Å². The number of hydrogen-bond donors (Lipinski definition) is 3. The zero-order chi connectivity index (χ0) is 16.0. The zero-order valence-corrected chi connectivity index (χ0v) is 13.0. The number of sulfonamides is 1. The summed E-state index contributed by atoms with van der Waals surface area (Å²) in [5.41, 5.74) is 0.328. The summed E-state index contributed by atoms with van der Waals surface area (Å²) in [7, 11) is -2.38. The maximum absolute atomic E-state index is 12.2. The molecule has 0 fully saturated rings. The topological polar surface area (TPSA) is 105 Å². The van der Waals surface area contributed by atoms with Crippen LogP contribution in [0.5, 0.6) is 0 Å². The van der Waals surface area contributed by atoms with E-state index in [1.54, 1.807) is 32.0 Å². The third kappa shape index (κ3) is 5.00. The molecule has 0 aromatic heterocycles. The number of ether oxygens (including phenoxy) is 1. The summed E-state index contributed by atoms with van der Waals surface area (Å²) in [4.78, 5) is 11.0. The first-order valence-electron chi connectivity index (χ1n) is 6.38. The molecule has 0 aliphatic heterocycles. The van der Waals surface area contributed by atoms with E-state index in [0.717, 1.165) is 0 Å². The molecule has 0 spiro atoms. The summed E-state index contributed by atoms with van der Waals surface area (Å²) in [6, 6.07) is 6.05. The number of aliphatic carboxylic acids is 1. The van der Waals surface area contributed by atoms with Crippen molar-refractivity contribution < 1.29 is 23.1 Å². The van der Waals surface area contributed by atoms with E-state index in [-0.39, 0.29) is 17.5 Å². The minimum atomic E-state index is -3.67. The predicted octanol–water partition coefficient (Wildman–Crippen LogP) is 0.885. The van der Waals surface area contributed by atoms with Gasteiger partial charge in [-0.05, 0) is 26.0 Å². The van der Waals surface area contributed by atoms with Crippen molar-refractivity contribution in [2.24, 2.45) is 0 Å². The minimum Gasteiger partial charge on any atom is -0.479 e. The molecule has 0 amide bonds. The Hall–Kier alpha value is -1.64. The number of rotatable bonds is 8. The molecule has 0 aliphatic rings. The highest BCUT2D eigenvalue weighted by Crippen LogP contribution is 2.21. The molecule has 1 atom stereocenters. The number of methoxy groups -OCH3 is 1. The quantitative estimate of drug-likeness (QED) is 0.658. The van der Waals surface area contributed by atoms with Crippen LogP contribution in [0.4, 0.5) is 5.69 Å². The largest absolute Gasteiger partial charge is 0.479 e. The molecule has 8 heteroatoms. The smallest absolute Gasteiger partial charge is 0.334 e. The van der Waals surface area contributed by atoms with Crippen LogP contribution >= 0.6 is 0 Å². The van der Waals surface area contributed by atoms with Crippen LogP contribution in [0.25, 0.3) is 0 Å². The number of carboxylic acid groups (broad SMARTS) is 1. The van der Waals surface area contributed by atoms with Gasteiger partial charge in [-0.3, -0.25) is 0 Å². The van der Waals surface area contributed by atoms with Crippen LogP contribution in [-0.4, -0.2) is 45.3 Å². The molecule has 1 rings (SSSR count). The molecule has 0 bridgehead atoms. The molecular weight excluding hydrogens is 296 g/mol. The zero-order valence-electron chi connectivity index (χ0n) is 12.2. The maximum atomic E-state index is 12.2. The number of benzene rings is 1. The van der Waals surface area contributed by atoms with Gasteiger partial charge in [0.25, 0.3) is 0 Å². The van der Waals surface area contributed by atoms with Gasteiger partial charge in [0.2, 0.25) is 10.0 Å². The van der Waals surface area contributed by atoms with Gasteiger partial charge in [0.15, 0.2) is 6.10 Å². The Kier molecular flexibility index (Phi) is 6.13. The van der Waals surface area contributed by atoms with Crippen molar-refractivity contribution in [1.29, 1.82) is 0 Å². The fourth-order valence-corrected chi connectivity index (χ4v) is 3.13. The number of nitrogens with one attached hydrogen (secondary N) is 2. The molecule has 0 heterocycles. The van der Waals surface area contributed by atoms with Gasteiger partial charge in [-0.25, -0.2) is 17.9 Å². The van der Waals surface area contributed by atoms with E-state index in [1.807, 2.05) is 0 Å². The van der Waals surface area contributed by atoms with Crippen molar-refractivity contribution in [3.63, 3.8) is 0 Å². The number of carboxylic acids is 1. The van der Waals surface area contributed by atoms with Crippen LogP contribution in [0.1, 0.15) is 13.8 Å². The molecule has 118 valence electrons. The molecule has 3 N–H and O–H groups in total. The van der Waals surface area contributed by atoms with Crippen LogP contribution < -0.4 is 10.0 Å². The Morgan fingerprint density at radius 3 is 2.48 bits per heavy atom. The highest BCUT2D eigenvalue weighted by molar-refractivity contribution is 7.89. The Bertz CT molecular complexity index is 586. The third-order valence-corrected chi connectivity index (χ3v) is 4.32. The van der Waals surface area contributed by atoms with Crippen LogP contribution in [0, 0.1) is 0 Å². The number of anilines is 1. The van der Waals surface area contributed by atoms with Crippen molar-refractivity contribution >= 4 is 21.7 Å². The van der Waals surface area contributed by atoms with Gasteiger partial charge in [0, 0.05) is 13.2 Å². The summed E-state index contributed by atoms with van der Waals surface area (Å²) in [5.74, 6) is -1.12. The fourth-order valence-electron chi connectivity index (χ4n) is 1.69. The van der Waals surface area contributed by atoms with Crippen molar-refractivity contribution in [2.75, 3.05) is 19.0 Å². The lowest BCUT2D eigenvalue weighted by molar-refractivity contribution is -0.147. The van der Waals surface area contributed by atoms with Crippen molar-refractivity contribution in [3.05, 3.63) is 24.3 Å². The number of carbonyl (C=O) groups is 1. The van der Waals surface area contributed by atoms with Crippen LogP contribution in [-0.2, 0) is 19.6 Å². The summed E-state index contributed by atoms with van der Waals surface area (Å²) in [6.07, 6.45) is -1.06. The van der Waals surface area contributed by atoms with Gasteiger partial charge >= 0.3 is 5.97 Å². The molecule has 0 aliphatic carbocycles. The summed E-state index contributed by atoms with van der Waals surface area (Å²) in [5, 5.41) is 11.7. The maximum Gasteiger partial charge on any atom is 0.334 e. The average Bonchev–Trinajstić information content (AvgIpc) is 2.38. The standard InChI is InChI=1S/C13H20N2O5S/c1-9(2)15-21(18,19)12-7-5-4-6-10(12)14-8-11(20-3)13(16)17/h4-7,9,11,14-15H,8H2,1-3H3,(H,16,17). The molecule has 0 saturated carbocycles. The second kappa shape index (κ2) is 7.39. The molecule has 7 nitrogen and oxygen atoms in total. The number of hydrogen-bond acceptors (Lipinski definition) is 5. The first-order valence-corrected chi connectivity index (χ1v) is 7.87. The first-order chi connectivity index (χ1) is 9.77. The summed E-state index contributed by atoms with van der Waals surface area (Å²) < 4.78 is 31.7. The summed E-state index contributed by atoms with van der Waals surface area (Å²) in [6.45, 7) is 3.40. The molecule has 1 aromatic carbocycles. The van der Waals surface area contributed by atoms with E-state index in [0.29, 0.717) is 5.69 Å². The Balaban J connectivity index is 2.97. The lowest BCUT2D eigenvalue weighted by Gasteiger charge is -2.16. The highest BCUT2D eigenvalue weighted by Gasteiger charge is 2.21.